The van der Waals surface area contributed by atoms with Gasteiger partial charge in [0.2, 0.25) is 0 Å². The van der Waals surface area contributed by atoms with Gasteiger partial charge < -0.3 is 4.57 Å². The second-order valence-corrected chi connectivity index (χ2v) is 6.10. The van der Waals surface area contributed by atoms with E-state index in [1.807, 2.05) is 29.7 Å². The van der Waals surface area contributed by atoms with Crippen molar-refractivity contribution in [2.45, 2.75) is 24.4 Å². The Bertz CT molecular complexity index is 787. The van der Waals surface area contributed by atoms with Crippen molar-refractivity contribution in [3.8, 4) is 11.5 Å². The fourth-order valence-corrected chi connectivity index (χ4v) is 3.52. The maximum absolute atomic E-state index is 13.9. The fraction of sp³-hybridized carbons (Fsp3) is 0.188. The van der Waals surface area contributed by atoms with Crippen LogP contribution in [0.15, 0.2) is 47.8 Å². The molecule has 0 aliphatic carbocycles. The molecule has 2 heterocycles. The summed E-state index contributed by atoms with van der Waals surface area (Å²) in [5.74, 6) is 0.791. The molecule has 0 saturated heterocycles. The van der Waals surface area contributed by atoms with Gasteiger partial charge in [-0.1, -0.05) is 35.5 Å². The molecule has 7 heteroatoms. The van der Waals surface area contributed by atoms with E-state index in [2.05, 4.69) is 15.2 Å². The van der Waals surface area contributed by atoms with Crippen molar-refractivity contribution < 1.29 is 4.39 Å². The van der Waals surface area contributed by atoms with Crippen LogP contribution in [-0.4, -0.2) is 19.7 Å². The Hall–Kier alpha value is -1.92. The Morgan fingerprint density at radius 2 is 2.04 bits per heavy atom. The lowest BCUT2D eigenvalue weighted by molar-refractivity contribution is 0.617. The standard InChI is InChI=1S/C16H14ClFN4S/c1-2-22-15(14-8-3-4-9-19-14)20-21-16(22)23-10-11-12(17)6-5-7-13(11)18/h3-9H,2,10H2,1H3. The minimum Gasteiger partial charge on any atom is -0.301 e. The zero-order valence-electron chi connectivity index (χ0n) is 12.4. The summed E-state index contributed by atoms with van der Waals surface area (Å²) in [6.07, 6.45) is 1.72. The largest absolute Gasteiger partial charge is 0.301 e. The normalized spacial score (nSPS) is 10.9. The highest BCUT2D eigenvalue weighted by atomic mass is 35.5. The first-order chi connectivity index (χ1) is 11.2. The average molecular weight is 349 g/mol. The van der Waals surface area contributed by atoms with E-state index in [-0.39, 0.29) is 5.82 Å². The van der Waals surface area contributed by atoms with Crippen LogP contribution in [0.25, 0.3) is 11.5 Å². The zero-order valence-corrected chi connectivity index (χ0v) is 14.0. The third-order valence-corrected chi connectivity index (χ3v) is 4.68. The summed E-state index contributed by atoms with van der Waals surface area (Å²) in [7, 11) is 0. The van der Waals surface area contributed by atoms with Crippen molar-refractivity contribution in [2.75, 3.05) is 0 Å². The van der Waals surface area contributed by atoms with Crippen molar-refractivity contribution in [1.82, 2.24) is 19.7 Å². The SMILES string of the molecule is CCn1c(SCc2c(F)cccc2Cl)nnc1-c1ccccn1. The van der Waals surface area contributed by atoms with Gasteiger partial charge in [0.05, 0.1) is 0 Å². The highest BCUT2D eigenvalue weighted by Gasteiger charge is 2.15. The first kappa shape index (κ1) is 16.0. The molecule has 0 unspecified atom stereocenters. The number of pyridine rings is 1. The van der Waals surface area contributed by atoms with Crippen molar-refractivity contribution in [3.05, 3.63) is 59.0 Å². The number of aromatic nitrogens is 4. The summed E-state index contributed by atoms with van der Waals surface area (Å²) in [6.45, 7) is 2.71. The Balaban J connectivity index is 1.86. The van der Waals surface area contributed by atoms with Crippen LogP contribution in [0.4, 0.5) is 4.39 Å². The summed E-state index contributed by atoms with van der Waals surface area (Å²) < 4.78 is 15.8. The van der Waals surface area contributed by atoms with E-state index in [0.717, 1.165) is 5.69 Å². The van der Waals surface area contributed by atoms with Crippen LogP contribution in [0.1, 0.15) is 12.5 Å². The van der Waals surface area contributed by atoms with E-state index in [1.165, 1.54) is 17.8 Å². The third-order valence-electron chi connectivity index (χ3n) is 3.33. The quantitative estimate of drug-likeness (QED) is 0.639. The molecule has 0 aliphatic heterocycles. The molecular weight excluding hydrogens is 335 g/mol. The predicted molar refractivity (Wildman–Crippen MR) is 89.9 cm³/mol. The van der Waals surface area contributed by atoms with Crippen LogP contribution in [0.5, 0.6) is 0 Å². The molecule has 0 bridgehead atoms. The summed E-state index contributed by atoms with van der Waals surface area (Å²) in [6, 6.07) is 10.3. The number of halogens is 2. The molecule has 0 amide bonds. The minimum atomic E-state index is -0.308. The predicted octanol–water partition coefficient (Wildman–Crippen LogP) is 4.44. The lowest BCUT2D eigenvalue weighted by Crippen LogP contribution is -2.01. The highest BCUT2D eigenvalue weighted by molar-refractivity contribution is 7.98. The summed E-state index contributed by atoms with van der Waals surface area (Å²) in [5.41, 5.74) is 1.24. The molecule has 0 aliphatic rings. The Kier molecular flexibility index (Phi) is 4.93. The molecule has 0 N–H and O–H groups in total. The van der Waals surface area contributed by atoms with Crippen LogP contribution < -0.4 is 0 Å². The van der Waals surface area contributed by atoms with Crippen LogP contribution in [0.2, 0.25) is 5.02 Å². The lowest BCUT2D eigenvalue weighted by atomic mass is 10.2. The molecule has 4 nitrogen and oxygen atoms in total. The van der Waals surface area contributed by atoms with Gasteiger partial charge in [-0.3, -0.25) is 4.98 Å². The topological polar surface area (TPSA) is 43.6 Å². The molecule has 0 spiro atoms. The Morgan fingerprint density at radius 1 is 1.17 bits per heavy atom. The molecule has 0 radical (unpaired) electrons. The van der Waals surface area contributed by atoms with Gasteiger partial charge in [-0.2, -0.15) is 0 Å². The molecule has 3 aromatic rings. The minimum absolute atomic E-state index is 0.308. The van der Waals surface area contributed by atoms with E-state index in [0.29, 0.717) is 33.9 Å². The number of hydrogen-bond acceptors (Lipinski definition) is 4. The third kappa shape index (κ3) is 3.38. The second kappa shape index (κ2) is 7.10. The molecule has 0 saturated carbocycles. The second-order valence-electron chi connectivity index (χ2n) is 4.75. The van der Waals surface area contributed by atoms with Gasteiger partial charge in [0.15, 0.2) is 11.0 Å². The van der Waals surface area contributed by atoms with Crippen LogP contribution in [-0.2, 0) is 12.3 Å². The summed E-state index contributed by atoms with van der Waals surface area (Å²) in [4.78, 5) is 4.30. The van der Waals surface area contributed by atoms with E-state index >= 15 is 0 Å². The molecule has 0 fully saturated rings. The van der Waals surface area contributed by atoms with E-state index in [1.54, 1.807) is 18.3 Å². The van der Waals surface area contributed by atoms with Gasteiger partial charge in [0.25, 0.3) is 0 Å². The van der Waals surface area contributed by atoms with E-state index in [9.17, 15) is 4.39 Å². The first-order valence-corrected chi connectivity index (χ1v) is 8.47. The monoisotopic (exact) mass is 348 g/mol. The van der Waals surface area contributed by atoms with Crippen molar-refractivity contribution in [3.63, 3.8) is 0 Å². The molecule has 2 aromatic heterocycles. The number of hydrogen-bond donors (Lipinski definition) is 0. The Labute approximate surface area is 142 Å². The van der Waals surface area contributed by atoms with Gasteiger partial charge in [-0.15, -0.1) is 10.2 Å². The van der Waals surface area contributed by atoms with E-state index in [4.69, 9.17) is 11.6 Å². The number of thioether (sulfide) groups is 1. The smallest absolute Gasteiger partial charge is 0.191 e. The molecule has 118 valence electrons. The fourth-order valence-electron chi connectivity index (χ4n) is 2.17. The number of rotatable bonds is 5. The van der Waals surface area contributed by atoms with Crippen molar-refractivity contribution in [2.24, 2.45) is 0 Å². The van der Waals surface area contributed by atoms with Crippen molar-refractivity contribution in [1.29, 1.82) is 0 Å². The van der Waals surface area contributed by atoms with Gasteiger partial charge in [-0.05, 0) is 31.2 Å². The lowest BCUT2D eigenvalue weighted by Gasteiger charge is -2.08. The van der Waals surface area contributed by atoms with E-state index < -0.39 is 0 Å². The van der Waals surface area contributed by atoms with Crippen molar-refractivity contribution >= 4 is 23.4 Å². The summed E-state index contributed by atoms with van der Waals surface area (Å²) >= 11 is 7.47. The van der Waals surface area contributed by atoms with Gasteiger partial charge in [0, 0.05) is 29.1 Å². The highest BCUT2D eigenvalue weighted by Crippen LogP contribution is 2.29. The molecule has 0 atom stereocenters. The van der Waals surface area contributed by atoms with Gasteiger partial charge >= 0.3 is 0 Å². The zero-order chi connectivity index (χ0) is 16.2. The molecular formula is C16H14ClFN4S. The first-order valence-electron chi connectivity index (χ1n) is 7.11. The maximum Gasteiger partial charge on any atom is 0.191 e. The molecule has 23 heavy (non-hydrogen) atoms. The maximum atomic E-state index is 13.9. The van der Waals surface area contributed by atoms with Gasteiger partial charge in [0.1, 0.15) is 11.5 Å². The number of nitrogens with zero attached hydrogens (tertiary/aromatic N) is 4. The summed E-state index contributed by atoms with van der Waals surface area (Å²) in [5, 5.41) is 9.56. The van der Waals surface area contributed by atoms with Crippen LogP contribution >= 0.6 is 23.4 Å². The molecule has 1 aromatic carbocycles. The average Bonchev–Trinajstić information content (AvgIpc) is 2.98. The van der Waals surface area contributed by atoms with Crippen LogP contribution in [0.3, 0.4) is 0 Å². The van der Waals surface area contributed by atoms with Gasteiger partial charge in [-0.25, -0.2) is 4.39 Å². The van der Waals surface area contributed by atoms with Crippen LogP contribution in [0, 0.1) is 5.82 Å². The molecule has 3 rings (SSSR count). The Morgan fingerprint density at radius 3 is 2.74 bits per heavy atom. The number of benzene rings is 1.